The summed E-state index contributed by atoms with van der Waals surface area (Å²) in [6.45, 7) is 0. The topological polar surface area (TPSA) is 51.7 Å². The summed E-state index contributed by atoms with van der Waals surface area (Å²) in [5.41, 5.74) is 0. The largest absolute Gasteiger partial charge is 0.508 e. The van der Waals surface area contributed by atoms with E-state index in [2.05, 4.69) is 0 Å². The van der Waals surface area contributed by atoms with Crippen molar-refractivity contribution >= 4 is 0 Å². The molecule has 0 fully saturated rings. The Labute approximate surface area is 52.4 Å². The number of hydrogen-bond acceptors (Lipinski definition) is 1. The van der Waals surface area contributed by atoms with Crippen molar-refractivity contribution < 1.29 is 15.3 Å². The third kappa shape index (κ3) is 3.49. The summed E-state index contributed by atoms with van der Waals surface area (Å²) in [7, 11) is 0. The quantitative estimate of drug-likeness (QED) is 0.555. The Balaban J connectivity index is 0. The van der Waals surface area contributed by atoms with Crippen LogP contribution in [0.15, 0.2) is 30.3 Å². The first-order valence-corrected chi connectivity index (χ1v) is 2.13. The number of benzene rings is 1. The lowest BCUT2D eigenvalue weighted by Crippen LogP contribution is -1.56. The van der Waals surface area contributed by atoms with Crippen LogP contribution in [0.25, 0.3) is 0 Å². The van der Waals surface area contributed by atoms with Crippen LogP contribution in [0.5, 0.6) is 5.75 Å². The van der Waals surface area contributed by atoms with Gasteiger partial charge in [0.1, 0.15) is 5.75 Å². The fraction of sp³-hybridized carbons (Fsp3) is 0. The first-order valence-electron chi connectivity index (χ1n) is 2.13. The summed E-state index contributed by atoms with van der Waals surface area (Å²) in [5.74, 6) is 0.322. The third-order valence-electron chi connectivity index (χ3n) is 0.756. The predicted molar refractivity (Wildman–Crippen MR) is 34.2 cm³/mol. The second-order valence-corrected chi connectivity index (χ2v) is 1.34. The molecule has 0 saturated carbocycles. The lowest BCUT2D eigenvalue weighted by Gasteiger charge is -1.82. The molecule has 1 rings (SSSR count). The Morgan fingerprint density at radius 2 is 1.44 bits per heavy atom. The molecule has 0 amide bonds. The summed E-state index contributed by atoms with van der Waals surface area (Å²) in [6, 6.07) is 8.71. The van der Waals surface area contributed by atoms with Crippen LogP contribution < -0.4 is 0 Å². The van der Waals surface area contributed by atoms with Crippen LogP contribution in [0.3, 0.4) is 0 Å². The summed E-state index contributed by atoms with van der Waals surface area (Å²) in [5, 5.41) is 8.63. The molecular formula is C6H9FO2. The fourth-order valence-corrected chi connectivity index (χ4v) is 0.428. The standard InChI is InChI=1S/C6H6O.FH.H2O/c7-6-4-2-1-3-5-6;;/h1-5,7H;1H;1H2. The first kappa shape index (κ1) is 10.8. The van der Waals surface area contributed by atoms with Gasteiger partial charge in [0.15, 0.2) is 0 Å². The van der Waals surface area contributed by atoms with Crippen molar-refractivity contribution in [3.63, 3.8) is 0 Å². The maximum absolute atomic E-state index is 8.63. The third-order valence-corrected chi connectivity index (χ3v) is 0.756. The maximum Gasteiger partial charge on any atom is 0.115 e. The van der Waals surface area contributed by atoms with Crippen molar-refractivity contribution in [2.45, 2.75) is 0 Å². The van der Waals surface area contributed by atoms with Gasteiger partial charge in [0, 0.05) is 0 Å². The monoisotopic (exact) mass is 132 g/mol. The number of aromatic hydroxyl groups is 1. The average molecular weight is 132 g/mol. The highest BCUT2D eigenvalue weighted by molar-refractivity contribution is 5.18. The Kier molecular flexibility index (Phi) is 6.07. The van der Waals surface area contributed by atoms with Gasteiger partial charge in [-0.05, 0) is 12.1 Å². The van der Waals surface area contributed by atoms with E-state index in [9.17, 15) is 0 Å². The second kappa shape index (κ2) is 5.05. The van der Waals surface area contributed by atoms with Gasteiger partial charge in [0.05, 0.1) is 0 Å². The van der Waals surface area contributed by atoms with Crippen molar-refractivity contribution in [1.29, 1.82) is 0 Å². The van der Waals surface area contributed by atoms with E-state index in [0.717, 1.165) is 0 Å². The summed E-state index contributed by atoms with van der Waals surface area (Å²) < 4.78 is 0. The van der Waals surface area contributed by atoms with Crippen LogP contribution in [-0.2, 0) is 0 Å². The van der Waals surface area contributed by atoms with Crippen LogP contribution in [0.4, 0.5) is 4.70 Å². The van der Waals surface area contributed by atoms with Crippen molar-refractivity contribution in [3.8, 4) is 5.75 Å². The first-order chi connectivity index (χ1) is 3.39. The van der Waals surface area contributed by atoms with Gasteiger partial charge in [-0.1, -0.05) is 18.2 Å². The molecule has 3 heteroatoms. The van der Waals surface area contributed by atoms with Crippen LogP contribution in [0.2, 0.25) is 0 Å². The molecule has 0 aliphatic carbocycles. The second-order valence-electron chi connectivity index (χ2n) is 1.34. The highest BCUT2D eigenvalue weighted by atomic mass is 19.0. The zero-order valence-corrected chi connectivity index (χ0v) is 4.74. The SMILES string of the molecule is F.O.Oc1ccccc1. The molecule has 0 saturated heterocycles. The number of phenolic OH excluding ortho intramolecular Hbond substituents is 1. The lowest BCUT2D eigenvalue weighted by atomic mass is 10.3. The Hall–Kier alpha value is -1.09. The molecule has 1 aromatic rings. The predicted octanol–water partition coefficient (Wildman–Crippen LogP) is 0.720. The smallest absolute Gasteiger partial charge is 0.115 e. The number of para-hydroxylation sites is 1. The molecule has 0 heterocycles. The highest BCUT2D eigenvalue weighted by Gasteiger charge is 1.74. The molecule has 0 aliphatic heterocycles. The number of hydrogen-bond donors (Lipinski definition) is 1. The van der Waals surface area contributed by atoms with Gasteiger partial charge in [-0.3, -0.25) is 4.70 Å². The highest BCUT2D eigenvalue weighted by Crippen LogP contribution is 2.02. The van der Waals surface area contributed by atoms with Crippen molar-refractivity contribution in [2.75, 3.05) is 0 Å². The van der Waals surface area contributed by atoms with Crippen molar-refractivity contribution in [3.05, 3.63) is 30.3 Å². The molecular weight excluding hydrogens is 123 g/mol. The van der Waals surface area contributed by atoms with E-state index in [4.69, 9.17) is 5.11 Å². The molecule has 52 valence electrons. The van der Waals surface area contributed by atoms with Gasteiger partial charge in [0.25, 0.3) is 0 Å². The molecule has 0 aromatic heterocycles. The van der Waals surface area contributed by atoms with E-state index >= 15 is 0 Å². The summed E-state index contributed by atoms with van der Waals surface area (Å²) >= 11 is 0. The zero-order valence-electron chi connectivity index (χ0n) is 4.74. The molecule has 0 unspecified atom stereocenters. The molecule has 0 spiro atoms. The molecule has 1 aromatic carbocycles. The average Bonchev–Trinajstić information content (AvgIpc) is 1.69. The number of halogens is 1. The van der Waals surface area contributed by atoms with E-state index in [-0.39, 0.29) is 10.2 Å². The molecule has 2 nitrogen and oxygen atoms in total. The van der Waals surface area contributed by atoms with Crippen molar-refractivity contribution in [1.82, 2.24) is 0 Å². The molecule has 3 N–H and O–H groups in total. The van der Waals surface area contributed by atoms with E-state index in [1.807, 2.05) is 6.07 Å². The minimum atomic E-state index is 0. The Morgan fingerprint density at radius 1 is 1.00 bits per heavy atom. The van der Waals surface area contributed by atoms with Gasteiger partial charge in [-0.15, -0.1) is 0 Å². The van der Waals surface area contributed by atoms with Gasteiger partial charge < -0.3 is 10.6 Å². The number of phenols is 1. The van der Waals surface area contributed by atoms with E-state index in [0.29, 0.717) is 5.75 Å². The van der Waals surface area contributed by atoms with Crippen LogP contribution in [0.1, 0.15) is 0 Å². The van der Waals surface area contributed by atoms with E-state index < -0.39 is 0 Å². The summed E-state index contributed by atoms with van der Waals surface area (Å²) in [4.78, 5) is 0. The lowest BCUT2D eigenvalue weighted by molar-refractivity contribution is 0.475. The molecule has 0 bridgehead atoms. The minimum Gasteiger partial charge on any atom is -0.508 e. The van der Waals surface area contributed by atoms with Crippen LogP contribution in [-0.4, -0.2) is 10.6 Å². The van der Waals surface area contributed by atoms with E-state index in [1.165, 1.54) is 0 Å². The maximum atomic E-state index is 8.63. The summed E-state index contributed by atoms with van der Waals surface area (Å²) in [6.07, 6.45) is 0. The fourth-order valence-electron chi connectivity index (χ4n) is 0.428. The van der Waals surface area contributed by atoms with Crippen LogP contribution >= 0.6 is 0 Å². The van der Waals surface area contributed by atoms with Gasteiger partial charge in [-0.2, -0.15) is 0 Å². The number of rotatable bonds is 0. The zero-order chi connectivity index (χ0) is 5.11. The van der Waals surface area contributed by atoms with Gasteiger partial charge in [-0.25, -0.2) is 0 Å². The van der Waals surface area contributed by atoms with E-state index in [1.54, 1.807) is 24.3 Å². The normalized spacial score (nSPS) is 6.67. The van der Waals surface area contributed by atoms with Crippen molar-refractivity contribution in [2.24, 2.45) is 0 Å². The molecule has 9 heavy (non-hydrogen) atoms. The van der Waals surface area contributed by atoms with Crippen LogP contribution in [0, 0.1) is 0 Å². The minimum absolute atomic E-state index is 0. The molecule has 0 radical (unpaired) electrons. The molecule has 0 aliphatic rings. The molecule has 0 atom stereocenters. The van der Waals surface area contributed by atoms with Gasteiger partial charge in [0.2, 0.25) is 0 Å². The Morgan fingerprint density at radius 3 is 1.67 bits per heavy atom. The Bertz CT molecular complexity index is 141. The van der Waals surface area contributed by atoms with Gasteiger partial charge >= 0.3 is 0 Å².